The molecule has 8 heteroatoms. The third-order valence-electron chi connectivity index (χ3n) is 3.09. The lowest BCUT2D eigenvalue weighted by atomic mass is 10.4. The molecule has 0 radical (unpaired) electrons. The van der Waals surface area contributed by atoms with Crippen molar-refractivity contribution in [1.82, 2.24) is 20.6 Å². The SMILES string of the molecule is CCNC(=NCc1ncc(C)s1)NCCc1nc(C)c(C)s1.I. The van der Waals surface area contributed by atoms with E-state index in [9.17, 15) is 0 Å². The van der Waals surface area contributed by atoms with Crippen LogP contribution in [0, 0.1) is 20.8 Å². The highest BCUT2D eigenvalue weighted by Crippen LogP contribution is 2.16. The summed E-state index contributed by atoms with van der Waals surface area (Å²) in [5.41, 5.74) is 1.14. The van der Waals surface area contributed by atoms with Gasteiger partial charge in [-0.25, -0.2) is 15.0 Å². The van der Waals surface area contributed by atoms with E-state index < -0.39 is 0 Å². The molecule has 128 valence electrons. The molecule has 2 aromatic heterocycles. The zero-order valence-electron chi connectivity index (χ0n) is 14.0. The van der Waals surface area contributed by atoms with Gasteiger partial charge in [0.25, 0.3) is 0 Å². The number of rotatable bonds is 6. The molecular weight excluding hydrogens is 441 g/mol. The maximum absolute atomic E-state index is 4.58. The van der Waals surface area contributed by atoms with E-state index >= 15 is 0 Å². The molecule has 0 saturated heterocycles. The van der Waals surface area contributed by atoms with Crippen LogP contribution in [0.3, 0.4) is 0 Å². The van der Waals surface area contributed by atoms with Crippen molar-refractivity contribution in [2.75, 3.05) is 13.1 Å². The Kier molecular flexibility index (Phi) is 9.00. The predicted octanol–water partition coefficient (Wildman–Crippen LogP) is 3.44. The lowest BCUT2D eigenvalue weighted by Crippen LogP contribution is -2.38. The van der Waals surface area contributed by atoms with Crippen LogP contribution in [-0.2, 0) is 13.0 Å². The number of hydrogen-bond acceptors (Lipinski definition) is 5. The van der Waals surface area contributed by atoms with Crippen molar-refractivity contribution >= 4 is 52.6 Å². The molecule has 0 aliphatic heterocycles. The maximum atomic E-state index is 4.58. The number of aryl methyl sites for hydroxylation is 3. The fraction of sp³-hybridized carbons (Fsp3) is 0.533. The highest BCUT2D eigenvalue weighted by Gasteiger charge is 2.04. The topological polar surface area (TPSA) is 62.2 Å². The Labute approximate surface area is 163 Å². The van der Waals surface area contributed by atoms with E-state index in [1.165, 1.54) is 14.8 Å². The molecule has 0 atom stereocenters. The first-order valence-corrected chi connectivity index (χ1v) is 9.08. The van der Waals surface area contributed by atoms with E-state index in [0.29, 0.717) is 6.54 Å². The average molecular weight is 465 g/mol. The van der Waals surface area contributed by atoms with Gasteiger partial charge in [-0.15, -0.1) is 46.7 Å². The van der Waals surface area contributed by atoms with Gasteiger partial charge in [0.15, 0.2) is 5.96 Å². The monoisotopic (exact) mass is 465 g/mol. The minimum absolute atomic E-state index is 0. The zero-order valence-corrected chi connectivity index (χ0v) is 17.9. The molecule has 0 aromatic carbocycles. The first-order chi connectivity index (χ1) is 10.6. The second-order valence-electron chi connectivity index (χ2n) is 4.99. The summed E-state index contributed by atoms with van der Waals surface area (Å²) in [6.07, 6.45) is 2.81. The molecule has 0 fully saturated rings. The minimum Gasteiger partial charge on any atom is -0.357 e. The van der Waals surface area contributed by atoms with Gasteiger partial charge >= 0.3 is 0 Å². The fourth-order valence-electron chi connectivity index (χ4n) is 1.90. The molecule has 0 spiro atoms. The van der Waals surface area contributed by atoms with Crippen LogP contribution in [0.25, 0.3) is 0 Å². The number of nitrogens with zero attached hydrogens (tertiary/aromatic N) is 3. The summed E-state index contributed by atoms with van der Waals surface area (Å²) in [4.78, 5) is 16.0. The summed E-state index contributed by atoms with van der Waals surface area (Å²) < 4.78 is 0. The average Bonchev–Trinajstić information content (AvgIpc) is 3.03. The summed E-state index contributed by atoms with van der Waals surface area (Å²) >= 11 is 3.46. The Morgan fingerprint density at radius 3 is 2.52 bits per heavy atom. The third kappa shape index (κ3) is 6.72. The van der Waals surface area contributed by atoms with Crippen molar-refractivity contribution in [3.8, 4) is 0 Å². The first kappa shape index (κ1) is 20.3. The first-order valence-electron chi connectivity index (χ1n) is 7.45. The lowest BCUT2D eigenvalue weighted by Gasteiger charge is -2.10. The normalized spacial score (nSPS) is 11.2. The number of aromatic nitrogens is 2. The van der Waals surface area contributed by atoms with Crippen molar-refractivity contribution < 1.29 is 0 Å². The molecule has 2 heterocycles. The number of hydrogen-bond donors (Lipinski definition) is 2. The largest absolute Gasteiger partial charge is 0.357 e. The summed E-state index contributed by atoms with van der Waals surface area (Å²) in [5.74, 6) is 0.834. The molecule has 0 unspecified atom stereocenters. The Bertz CT molecular complexity index is 616. The van der Waals surface area contributed by atoms with Crippen LogP contribution in [0.15, 0.2) is 11.2 Å². The molecule has 0 aliphatic rings. The zero-order chi connectivity index (χ0) is 15.9. The number of thiazole rings is 2. The summed E-state index contributed by atoms with van der Waals surface area (Å²) in [5, 5.41) is 8.84. The van der Waals surface area contributed by atoms with Crippen molar-refractivity contribution in [2.45, 2.75) is 40.7 Å². The van der Waals surface area contributed by atoms with Crippen LogP contribution in [-0.4, -0.2) is 29.0 Å². The quantitative estimate of drug-likeness (QED) is 0.390. The molecule has 2 aromatic rings. The van der Waals surface area contributed by atoms with Gasteiger partial charge in [0.2, 0.25) is 0 Å². The second kappa shape index (κ2) is 10.2. The summed E-state index contributed by atoms with van der Waals surface area (Å²) in [6, 6.07) is 0. The van der Waals surface area contributed by atoms with Crippen LogP contribution < -0.4 is 10.6 Å². The van der Waals surface area contributed by atoms with Gasteiger partial charge < -0.3 is 10.6 Å². The lowest BCUT2D eigenvalue weighted by molar-refractivity contribution is 0.794. The van der Waals surface area contributed by atoms with Crippen LogP contribution in [0.2, 0.25) is 0 Å². The highest BCUT2D eigenvalue weighted by molar-refractivity contribution is 14.0. The maximum Gasteiger partial charge on any atom is 0.191 e. The molecule has 2 rings (SSSR count). The van der Waals surface area contributed by atoms with E-state index in [0.717, 1.165) is 36.2 Å². The molecular formula is C15H24IN5S2. The Balaban J connectivity index is 0.00000264. The molecule has 0 amide bonds. The number of guanidine groups is 1. The molecule has 5 nitrogen and oxygen atoms in total. The van der Waals surface area contributed by atoms with Crippen molar-refractivity contribution in [2.24, 2.45) is 4.99 Å². The van der Waals surface area contributed by atoms with Gasteiger partial charge in [-0.05, 0) is 27.7 Å². The smallest absolute Gasteiger partial charge is 0.191 e. The van der Waals surface area contributed by atoms with Gasteiger partial charge in [0.05, 0.1) is 17.2 Å². The van der Waals surface area contributed by atoms with Crippen LogP contribution in [0.4, 0.5) is 0 Å². The standard InChI is InChI=1S/C15H23N5S2.HI/c1-5-16-15(19-9-14-18-8-10(2)21-14)17-7-6-13-20-11(3)12(4)22-13;/h8H,5-7,9H2,1-4H3,(H2,16,17,19);1H. The van der Waals surface area contributed by atoms with Gasteiger partial charge in [0.1, 0.15) is 5.01 Å². The number of aliphatic imine (C=N–C) groups is 1. The predicted molar refractivity (Wildman–Crippen MR) is 110 cm³/mol. The van der Waals surface area contributed by atoms with E-state index in [-0.39, 0.29) is 24.0 Å². The third-order valence-corrected chi connectivity index (χ3v) is 5.12. The fourth-order valence-corrected chi connectivity index (χ4v) is 3.54. The van der Waals surface area contributed by atoms with Gasteiger partial charge in [0, 0.05) is 35.5 Å². The molecule has 0 saturated carbocycles. The van der Waals surface area contributed by atoms with E-state index in [2.05, 4.69) is 53.3 Å². The van der Waals surface area contributed by atoms with E-state index in [1.807, 2.05) is 6.20 Å². The second-order valence-corrected chi connectivity index (χ2v) is 7.59. The molecule has 0 aliphatic carbocycles. The molecule has 2 N–H and O–H groups in total. The minimum atomic E-state index is 0. The Hall–Kier alpha value is -0.740. The Morgan fingerprint density at radius 2 is 1.96 bits per heavy atom. The van der Waals surface area contributed by atoms with Crippen LogP contribution in [0.5, 0.6) is 0 Å². The van der Waals surface area contributed by atoms with Gasteiger partial charge in [-0.2, -0.15) is 0 Å². The van der Waals surface area contributed by atoms with Crippen molar-refractivity contribution in [3.05, 3.63) is 31.7 Å². The molecule has 23 heavy (non-hydrogen) atoms. The van der Waals surface area contributed by atoms with Crippen molar-refractivity contribution in [3.63, 3.8) is 0 Å². The van der Waals surface area contributed by atoms with Gasteiger partial charge in [-0.3, -0.25) is 0 Å². The van der Waals surface area contributed by atoms with Crippen LogP contribution >= 0.6 is 46.7 Å². The Morgan fingerprint density at radius 1 is 1.17 bits per heavy atom. The number of halogens is 1. The summed E-state index contributed by atoms with van der Waals surface area (Å²) in [7, 11) is 0. The highest BCUT2D eigenvalue weighted by atomic mass is 127. The number of nitrogens with one attached hydrogen (secondary N) is 2. The van der Waals surface area contributed by atoms with E-state index in [1.54, 1.807) is 22.7 Å². The van der Waals surface area contributed by atoms with E-state index in [4.69, 9.17) is 0 Å². The molecule has 0 bridgehead atoms. The summed E-state index contributed by atoms with van der Waals surface area (Å²) in [6.45, 7) is 10.6. The van der Waals surface area contributed by atoms with Crippen LogP contribution in [0.1, 0.15) is 32.4 Å². The van der Waals surface area contributed by atoms with Crippen molar-refractivity contribution in [1.29, 1.82) is 0 Å². The van der Waals surface area contributed by atoms with Gasteiger partial charge in [-0.1, -0.05) is 0 Å².